The van der Waals surface area contributed by atoms with E-state index in [1.54, 1.807) is 18.2 Å². The van der Waals surface area contributed by atoms with Crippen molar-refractivity contribution in [2.24, 2.45) is 5.73 Å². The summed E-state index contributed by atoms with van der Waals surface area (Å²) in [4.78, 5) is 0. The number of hydrogen-bond acceptors (Lipinski definition) is 2. The van der Waals surface area contributed by atoms with Crippen LogP contribution in [0.5, 0.6) is 5.75 Å². The number of hydrogen-bond donors (Lipinski definition) is 2. The van der Waals surface area contributed by atoms with E-state index in [0.717, 1.165) is 0 Å². The summed E-state index contributed by atoms with van der Waals surface area (Å²) in [5.74, 6) is 0.532. The van der Waals surface area contributed by atoms with E-state index >= 15 is 0 Å². The van der Waals surface area contributed by atoms with Gasteiger partial charge in [-0.1, -0.05) is 23.7 Å². The summed E-state index contributed by atoms with van der Waals surface area (Å²) in [6.07, 6.45) is 0. The van der Waals surface area contributed by atoms with Crippen molar-refractivity contribution in [2.75, 3.05) is 6.61 Å². The third kappa shape index (κ3) is 4.01. The van der Waals surface area contributed by atoms with Crippen LogP contribution >= 0.6 is 24.0 Å². The Morgan fingerprint density at radius 3 is 2.62 bits per heavy atom. The standard InChI is InChI=1S/C8H9ClN2O.ClH/c9-6-3-1-2-4-7(6)12-5-8(10)11;/h1-4H,5H2,(H3,10,11);1H. The smallest absolute Gasteiger partial charge is 0.145 e. The fourth-order valence-electron chi connectivity index (χ4n) is 0.717. The largest absolute Gasteiger partial charge is 0.484 e. The van der Waals surface area contributed by atoms with Gasteiger partial charge < -0.3 is 10.5 Å². The van der Waals surface area contributed by atoms with Crippen LogP contribution in [0.3, 0.4) is 0 Å². The number of rotatable bonds is 3. The van der Waals surface area contributed by atoms with Gasteiger partial charge in [0.2, 0.25) is 0 Å². The Hall–Kier alpha value is -0.930. The highest BCUT2D eigenvalue weighted by molar-refractivity contribution is 6.32. The molecule has 13 heavy (non-hydrogen) atoms. The van der Waals surface area contributed by atoms with E-state index < -0.39 is 0 Å². The van der Waals surface area contributed by atoms with Gasteiger partial charge >= 0.3 is 0 Å². The Balaban J connectivity index is 0.00000144. The molecule has 72 valence electrons. The normalized spacial score (nSPS) is 8.69. The quantitative estimate of drug-likeness (QED) is 0.606. The van der Waals surface area contributed by atoms with Crippen molar-refractivity contribution in [3.63, 3.8) is 0 Å². The maximum absolute atomic E-state index is 6.92. The summed E-state index contributed by atoms with van der Waals surface area (Å²) in [7, 11) is 0. The molecule has 0 heterocycles. The first-order valence-electron chi connectivity index (χ1n) is 3.40. The van der Waals surface area contributed by atoms with Crippen LogP contribution in [0.4, 0.5) is 0 Å². The second-order valence-electron chi connectivity index (χ2n) is 2.24. The van der Waals surface area contributed by atoms with Gasteiger partial charge in [-0.15, -0.1) is 12.4 Å². The molecular weight excluding hydrogens is 211 g/mol. The monoisotopic (exact) mass is 220 g/mol. The first kappa shape index (κ1) is 12.1. The molecule has 0 aliphatic carbocycles. The summed E-state index contributed by atoms with van der Waals surface area (Å²) >= 11 is 5.77. The Kier molecular flexibility index (Phi) is 5.26. The van der Waals surface area contributed by atoms with Crippen LogP contribution in [0.25, 0.3) is 0 Å². The predicted octanol–water partition coefficient (Wildman–Crippen LogP) is 2.08. The molecule has 0 fully saturated rings. The summed E-state index contributed by atoms with van der Waals surface area (Å²) in [6.45, 7) is 0.0731. The molecule has 0 saturated carbocycles. The number of amidine groups is 1. The van der Waals surface area contributed by atoms with Crippen LogP contribution in [0.15, 0.2) is 24.3 Å². The number of nitrogens with one attached hydrogen (secondary N) is 1. The van der Waals surface area contributed by atoms with Crippen LogP contribution in [-0.2, 0) is 0 Å². The van der Waals surface area contributed by atoms with Gasteiger partial charge in [0, 0.05) is 0 Å². The van der Waals surface area contributed by atoms with Crippen molar-refractivity contribution in [3.8, 4) is 5.75 Å². The second-order valence-corrected chi connectivity index (χ2v) is 2.65. The molecule has 0 bridgehead atoms. The minimum absolute atomic E-state index is 0. The molecule has 0 amide bonds. The van der Waals surface area contributed by atoms with Crippen LogP contribution in [0, 0.1) is 5.41 Å². The molecule has 0 aliphatic heterocycles. The zero-order chi connectivity index (χ0) is 8.97. The van der Waals surface area contributed by atoms with E-state index in [-0.39, 0.29) is 24.8 Å². The van der Waals surface area contributed by atoms with Crippen LogP contribution in [0.2, 0.25) is 5.02 Å². The van der Waals surface area contributed by atoms with Crippen LogP contribution < -0.4 is 10.5 Å². The van der Waals surface area contributed by atoms with Gasteiger partial charge in [0.05, 0.1) is 5.02 Å². The molecule has 0 atom stereocenters. The summed E-state index contributed by atoms with van der Waals surface area (Å²) < 4.78 is 5.12. The van der Waals surface area contributed by atoms with E-state index in [1.165, 1.54) is 0 Å². The highest BCUT2D eigenvalue weighted by atomic mass is 35.5. The maximum Gasteiger partial charge on any atom is 0.145 e. The van der Waals surface area contributed by atoms with Gasteiger partial charge in [-0.25, -0.2) is 0 Å². The van der Waals surface area contributed by atoms with Crippen LogP contribution in [0.1, 0.15) is 0 Å². The molecule has 1 rings (SSSR count). The molecule has 0 unspecified atom stereocenters. The molecule has 3 N–H and O–H groups in total. The highest BCUT2D eigenvalue weighted by Gasteiger charge is 1.98. The fourth-order valence-corrected chi connectivity index (χ4v) is 0.908. The molecule has 0 spiro atoms. The Labute approximate surface area is 87.8 Å². The number of nitrogens with two attached hydrogens (primary N) is 1. The molecule has 0 aliphatic rings. The van der Waals surface area contributed by atoms with Gasteiger partial charge in [-0.3, -0.25) is 5.41 Å². The lowest BCUT2D eigenvalue weighted by Crippen LogP contribution is -2.19. The number of benzene rings is 1. The average molecular weight is 221 g/mol. The first-order chi connectivity index (χ1) is 5.70. The second kappa shape index (κ2) is 5.67. The molecule has 1 aromatic carbocycles. The van der Waals surface area contributed by atoms with Crippen LogP contribution in [-0.4, -0.2) is 12.4 Å². The average Bonchev–Trinajstić information content (AvgIpc) is 2.03. The van der Waals surface area contributed by atoms with Crippen molar-refractivity contribution in [2.45, 2.75) is 0 Å². The number of halogens is 2. The van der Waals surface area contributed by atoms with Crippen molar-refractivity contribution >= 4 is 29.8 Å². The number of ether oxygens (including phenoxy) is 1. The summed E-state index contributed by atoms with van der Waals surface area (Å²) in [5.41, 5.74) is 5.11. The lowest BCUT2D eigenvalue weighted by molar-refractivity contribution is 0.374. The topological polar surface area (TPSA) is 59.1 Å². The minimum atomic E-state index is -0.0186. The third-order valence-corrected chi connectivity index (χ3v) is 1.53. The molecule has 1 aromatic rings. The van der Waals surface area contributed by atoms with Gasteiger partial charge in [-0.2, -0.15) is 0 Å². The Morgan fingerprint density at radius 1 is 1.46 bits per heavy atom. The minimum Gasteiger partial charge on any atom is -0.484 e. The zero-order valence-corrected chi connectivity index (χ0v) is 8.36. The van der Waals surface area contributed by atoms with E-state index in [4.69, 9.17) is 27.5 Å². The molecule has 0 radical (unpaired) electrons. The fraction of sp³-hybridized carbons (Fsp3) is 0.125. The van der Waals surface area contributed by atoms with E-state index in [9.17, 15) is 0 Å². The molecule has 0 aromatic heterocycles. The van der Waals surface area contributed by atoms with Gasteiger partial charge in [0.15, 0.2) is 0 Å². The van der Waals surface area contributed by atoms with E-state index in [1.807, 2.05) is 6.07 Å². The number of para-hydroxylation sites is 1. The van der Waals surface area contributed by atoms with Crippen molar-refractivity contribution < 1.29 is 4.74 Å². The zero-order valence-electron chi connectivity index (χ0n) is 6.79. The van der Waals surface area contributed by atoms with Gasteiger partial charge in [0.25, 0.3) is 0 Å². The Morgan fingerprint density at radius 2 is 2.08 bits per heavy atom. The van der Waals surface area contributed by atoms with Crippen molar-refractivity contribution in [3.05, 3.63) is 29.3 Å². The Bertz CT molecular complexity index is 291. The molecule has 5 heteroatoms. The predicted molar refractivity (Wildman–Crippen MR) is 56.1 cm³/mol. The summed E-state index contributed by atoms with van der Waals surface area (Å²) in [5, 5.41) is 7.45. The van der Waals surface area contributed by atoms with Crippen molar-refractivity contribution in [1.29, 1.82) is 5.41 Å². The highest BCUT2D eigenvalue weighted by Crippen LogP contribution is 2.22. The molecule has 3 nitrogen and oxygen atoms in total. The third-order valence-electron chi connectivity index (χ3n) is 1.22. The van der Waals surface area contributed by atoms with Crippen molar-refractivity contribution in [1.82, 2.24) is 0 Å². The summed E-state index contributed by atoms with van der Waals surface area (Å²) in [6, 6.07) is 7.06. The maximum atomic E-state index is 6.92. The lowest BCUT2D eigenvalue weighted by Gasteiger charge is -2.05. The van der Waals surface area contributed by atoms with Gasteiger partial charge in [-0.05, 0) is 12.1 Å². The molecular formula is C8H10Cl2N2O. The van der Waals surface area contributed by atoms with E-state index in [2.05, 4.69) is 0 Å². The van der Waals surface area contributed by atoms with Gasteiger partial charge in [0.1, 0.15) is 18.2 Å². The van der Waals surface area contributed by atoms with E-state index in [0.29, 0.717) is 10.8 Å². The molecule has 0 saturated heterocycles. The lowest BCUT2D eigenvalue weighted by atomic mass is 10.3. The first-order valence-corrected chi connectivity index (χ1v) is 3.78. The SMILES string of the molecule is Cl.N=C(N)COc1ccccc1Cl.